The number of carbonyl (C=O) groups excluding carboxylic acids is 3. The smallest absolute Gasteiger partial charge is 0.311 e. The molecule has 1 atom stereocenters. The first-order valence-corrected chi connectivity index (χ1v) is 9.29. The molecule has 8 heteroatoms. The van der Waals surface area contributed by atoms with Crippen LogP contribution in [0.1, 0.15) is 16.8 Å². The molecule has 152 valence electrons. The van der Waals surface area contributed by atoms with Gasteiger partial charge in [0.05, 0.1) is 30.8 Å². The second kappa shape index (κ2) is 8.96. The molecule has 1 saturated heterocycles. The molecule has 1 fully saturated rings. The van der Waals surface area contributed by atoms with Crippen LogP contribution in [0.15, 0.2) is 42.5 Å². The minimum Gasteiger partial charge on any atom is -0.495 e. The number of methoxy groups -OCH3 is 2. The topological polar surface area (TPSA) is 82.1 Å². The number of hydrogen-bond donors (Lipinski definition) is 0. The SMILES string of the molecule is COc1cc(OC)c(N2CC(C(=O)OCC(=O)c3ccccc3)CC2=O)cc1Cl. The molecule has 2 aromatic carbocycles. The molecular weight excluding hydrogens is 398 g/mol. The predicted octanol–water partition coefficient (Wildman–Crippen LogP) is 3.14. The van der Waals surface area contributed by atoms with E-state index in [-0.39, 0.29) is 31.3 Å². The molecule has 1 aliphatic heterocycles. The molecular formula is C21H20ClNO6. The summed E-state index contributed by atoms with van der Waals surface area (Å²) in [7, 11) is 2.94. The summed E-state index contributed by atoms with van der Waals surface area (Å²) >= 11 is 6.18. The number of anilines is 1. The van der Waals surface area contributed by atoms with Crippen LogP contribution in [0, 0.1) is 5.92 Å². The van der Waals surface area contributed by atoms with E-state index in [1.54, 1.807) is 42.5 Å². The van der Waals surface area contributed by atoms with Crippen molar-refractivity contribution in [3.05, 3.63) is 53.1 Å². The Morgan fingerprint density at radius 1 is 1.10 bits per heavy atom. The van der Waals surface area contributed by atoms with Crippen molar-refractivity contribution in [1.82, 2.24) is 0 Å². The van der Waals surface area contributed by atoms with Crippen molar-refractivity contribution in [2.75, 3.05) is 32.3 Å². The lowest BCUT2D eigenvalue weighted by atomic mass is 10.1. The first-order valence-electron chi connectivity index (χ1n) is 8.91. The van der Waals surface area contributed by atoms with E-state index in [9.17, 15) is 14.4 Å². The minimum absolute atomic E-state index is 0.0227. The third-order valence-electron chi connectivity index (χ3n) is 4.64. The standard InChI is InChI=1S/C21H20ClNO6/c1-27-18-10-19(28-2)16(9-15(18)22)23-11-14(8-20(23)25)21(26)29-12-17(24)13-6-4-3-5-7-13/h3-7,9-10,14H,8,11-12H2,1-2H3. The second-order valence-corrected chi connectivity index (χ2v) is 6.87. The maximum atomic E-state index is 12.5. The normalized spacial score (nSPS) is 15.9. The molecule has 1 amide bonds. The van der Waals surface area contributed by atoms with E-state index in [1.165, 1.54) is 19.1 Å². The zero-order valence-corrected chi connectivity index (χ0v) is 16.8. The summed E-state index contributed by atoms with van der Waals surface area (Å²) in [4.78, 5) is 38.4. The highest BCUT2D eigenvalue weighted by atomic mass is 35.5. The number of rotatable bonds is 7. The Kier molecular flexibility index (Phi) is 6.39. The molecule has 2 aromatic rings. The fourth-order valence-electron chi connectivity index (χ4n) is 3.12. The fourth-order valence-corrected chi connectivity index (χ4v) is 3.35. The molecule has 0 bridgehead atoms. The summed E-state index contributed by atoms with van der Waals surface area (Å²) in [6.45, 7) is -0.262. The lowest BCUT2D eigenvalue weighted by Crippen LogP contribution is -2.27. The van der Waals surface area contributed by atoms with Crippen LogP contribution in [0.4, 0.5) is 5.69 Å². The van der Waals surface area contributed by atoms with Gasteiger partial charge in [0.1, 0.15) is 11.5 Å². The molecule has 0 N–H and O–H groups in total. The average Bonchev–Trinajstić information content (AvgIpc) is 3.13. The summed E-state index contributed by atoms with van der Waals surface area (Å²) in [6.07, 6.45) is -0.0227. The average molecular weight is 418 g/mol. The zero-order valence-electron chi connectivity index (χ0n) is 16.0. The van der Waals surface area contributed by atoms with E-state index in [4.69, 9.17) is 25.8 Å². The lowest BCUT2D eigenvalue weighted by molar-refractivity contribution is -0.147. The van der Waals surface area contributed by atoms with Gasteiger partial charge in [-0.15, -0.1) is 0 Å². The van der Waals surface area contributed by atoms with Crippen molar-refractivity contribution < 1.29 is 28.6 Å². The van der Waals surface area contributed by atoms with Crippen LogP contribution in [0.25, 0.3) is 0 Å². The minimum atomic E-state index is -0.684. The van der Waals surface area contributed by atoms with Gasteiger partial charge in [0.25, 0.3) is 0 Å². The Morgan fingerprint density at radius 3 is 2.45 bits per heavy atom. The maximum Gasteiger partial charge on any atom is 0.311 e. The van der Waals surface area contributed by atoms with Gasteiger partial charge >= 0.3 is 5.97 Å². The van der Waals surface area contributed by atoms with Crippen LogP contribution in [0.3, 0.4) is 0 Å². The van der Waals surface area contributed by atoms with Crippen LogP contribution in [-0.4, -0.2) is 45.0 Å². The number of nitrogens with zero attached hydrogens (tertiary/aromatic N) is 1. The van der Waals surface area contributed by atoms with Crippen molar-refractivity contribution in [3.8, 4) is 11.5 Å². The molecule has 1 heterocycles. The Bertz CT molecular complexity index is 930. The fraction of sp³-hybridized carbons (Fsp3) is 0.286. The molecule has 0 saturated carbocycles. The van der Waals surface area contributed by atoms with Gasteiger partial charge in [-0.25, -0.2) is 0 Å². The number of amides is 1. The largest absolute Gasteiger partial charge is 0.495 e. The monoisotopic (exact) mass is 417 g/mol. The second-order valence-electron chi connectivity index (χ2n) is 6.46. The van der Waals surface area contributed by atoms with E-state index in [0.29, 0.717) is 27.8 Å². The lowest BCUT2D eigenvalue weighted by Gasteiger charge is -2.20. The first kappa shape index (κ1) is 20.7. The van der Waals surface area contributed by atoms with Crippen LogP contribution in [0.2, 0.25) is 5.02 Å². The molecule has 0 aliphatic carbocycles. The van der Waals surface area contributed by atoms with E-state index in [2.05, 4.69) is 0 Å². The molecule has 0 radical (unpaired) electrons. The number of esters is 1. The van der Waals surface area contributed by atoms with Gasteiger partial charge in [-0.3, -0.25) is 14.4 Å². The quantitative estimate of drug-likeness (QED) is 0.508. The highest BCUT2D eigenvalue weighted by molar-refractivity contribution is 6.32. The Labute approximate surface area is 173 Å². The summed E-state index contributed by atoms with van der Waals surface area (Å²) in [6, 6.07) is 11.7. The number of Topliss-reactive ketones (excluding diaryl/α,β-unsaturated/α-hetero) is 1. The Morgan fingerprint density at radius 2 is 1.79 bits per heavy atom. The first-order chi connectivity index (χ1) is 13.9. The third-order valence-corrected chi connectivity index (χ3v) is 4.94. The van der Waals surface area contributed by atoms with Gasteiger partial charge in [-0.2, -0.15) is 0 Å². The molecule has 29 heavy (non-hydrogen) atoms. The Hall–Kier alpha value is -3.06. The zero-order chi connectivity index (χ0) is 21.0. The van der Waals surface area contributed by atoms with E-state index in [0.717, 1.165) is 0 Å². The maximum absolute atomic E-state index is 12.5. The molecule has 1 unspecified atom stereocenters. The van der Waals surface area contributed by atoms with Gasteiger partial charge in [0.15, 0.2) is 12.4 Å². The van der Waals surface area contributed by atoms with E-state index < -0.39 is 11.9 Å². The highest BCUT2D eigenvalue weighted by Crippen LogP contribution is 2.40. The van der Waals surface area contributed by atoms with Gasteiger partial charge in [0, 0.05) is 24.6 Å². The van der Waals surface area contributed by atoms with Crippen LogP contribution < -0.4 is 14.4 Å². The summed E-state index contributed by atoms with van der Waals surface area (Å²) in [5.41, 5.74) is 0.904. The van der Waals surface area contributed by atoms with Crippen molar-refractivity contribution in [2.24, 2.45) is 5.92 Å². The number of hydrogen-bond acceptors (Lipinski definition) is 6. The van der Waals surface area contributed by atoms with Gasteiger partial charge in [-0.1, -0.05) is 41.9 Å². The van der Waals surface area contributed by atoms with Crippen molar-refractivity contribution in [3.63, 3.8) is 0 Å². The molecule has 7 nitrogen and oxygen atoms in total. The summed E-state index contributed by atoms with van der Waals surface area (Å²) in [5.74, 6) is -1.04. The number of ether oxygens (including phenoxy) is 3. The third kappa shape index (κ3) is 4.51. The van der Waals surface area contributed by atoms with Crippen molar-refractivity contribution in [2.45, 2.75) is 6.42 Å². The van der Waals surface area contributed by atoms with Crippen LogP contribution >= 0.6 is 11.6 Å². The van der Waals surface area contributed by atoms with Crippen molar-refractivity contribution in [1.29, 1.82) is 0 Å². The van der Waals surface area contributed by atoms with Crippen LogP contribution in [-0.2, 0) is 14.3 Å². The predicted molar refractivity (Wildman–Crippen MR) is 107 cm³/mol. The van der Waals surface area contributed by atoms with E-state index in [1.807, 2.05) is 0 Å². The highest BCUT2D eigenvalue weighted by Gasteiger charge is 2.37. The Balaban J connectivity index is 1.68. The molecule has 0 aromatic heterocycles. The number of halogens is 1. The number of benzene rings is 2. The van der Waals surface area contributed by atoms with Gasteiger partial charge in [-0.05, 0) is 6.07 Å². The molecule has 0 spiro atoms. The van der Waals surface area contributed by atoms with Gasteiger partial charge < -0.3 is 19.1 Å². The number of ketones is 1. The van der Waals surface area contributed by atoms with Gasteiger partial charge in [0.2, 0.25) is 5.91 Å². The molecule has 1 aliphatic rings. The van der Waals surface area contributed by atoms with Crippen molar-refractivity contribution >= 4 is 34.9 Å². The summed E-state index contributed by atoms with van der Waals surface area (Å²) < 4.78 is 15.6. The van der Waals surface area contributed by atoms with Crippen LogP contribution in [0.5, 0.6) is 11.5 Å². The number of carbonyl (C=O) groups is 3. The molecule has 3 rings (SSSR count). The van der Waals surface area contributed by atoms with E-state index >= 15 is 0 Å². The summed E-state index contributed by atoms with van der Waals surface area (Å²) in [5, 5.41) is 0.315.